The Morgan fingerprint density at radius 2 is 1.79 bits per heavy atom. The summed E-state index contributed by atoms with van der Waals surface area (Å²) in [5, 5.41) is 0. The summed E-state index contributed by atoms with van der Waals surface area (Å²) in [4.78, 5) is 12.2. The van der Waals surface area contributed by atoms with Crippen LogP contribution in [-0.4, -0.2) is 12.9 Å². The number of carbonyl (C=O) groups excluding carboxylic acids is 1. The van der Waals surface area contributed by atoms with Gasteiger partial charge < -0.3 is 4.74 Å². The van der Waals surface area contributed by atoms with Gasteiger partial charge in [-0.05, 0) is 51.8 Å². The van der Waals surface area contributed by atoms with Crippen LogP contribution in [0, 0.1) is 0 Å². The van der Waals surface area contributed by atoms with Gasteiger partial charge in [0.05, 0.1) is 7.11 Å². The molecule has 0 aliphatic heterocycles. The van der Waals surface area contributed by atoms with Gasteiger partial charge in [-0.25, -0.2) is 0 Å². The minimum atomic E-state index is 0.0804. The second kappa shape index (κ2) is 6.35. The number of ether oxygens (including phenoxy) is 1. The van der Waals surface area contributed by atoms with Gasteiger partial charge >= 0.3 is 0 Å². The summed E-state index contributed by atoms with van der Waals surface area (Å²) in [7, 11) is 1.60. The quantitative estimate of drug-likeness (QED) is 0.718. The third kappa shape index (κ3) is 3.67. The fourth-order valence-electron chi connectivity index (χ4n) is 1.73. The molecule has 0 saturated carbocycles. The Labute approximate surface area is 129 Å². The first-order chi connectivity index (χ1) is 9.10. The maximum atomic E-state index is 12.2. The van der Waals surface area contributed by atoms with Gasteiger partial charge in [0, 0.05) is 20.9 Å². The summed E-state index contributed by atoms with van der Waals surface area (Å²) >= 11 is 6.78. The van der Waals surface area contributed by atoms with E-state index in [1.807, 2.05) is 24.3 Å². The number of hydrogen-bond donors (Lipinski definition) is 0. The highest BCUT2D eigenvalue weighted by Gasteiger charge is 2.11. The first-order valence-corrected chi connectivity index (χ1v) is 7.30. The van der Waals surface area contributed by atoms with Crippen LogP contribution < -0.4 is 4.74 Å². The predicted molar refractivity (Wildman–Crippen MR) is 82.9 cm³/mol. The van der Waals surface area contributed by atoms with Crippen LogP contribution in [0.5, 0.6) is 5.75 Å². The Morgan fingerprint density at radius 3 is 2.37 bits per heavy atom. The van der Waals surface area contributed by atoms with E-state index in [1.54, 1.807) is 25.3 Å². The average molecular weight is 384 g/mol. The van der Waals surface area contributed by atoms with Crippen molar-refractivity contribution < 1.29 is 9.53 Å². The molecular weight excluding hydrogens is 372 g/mol. The standard InChI is InChI=1S/C15H12Br2O2/c1-19-12-6-7-13(14(17)9-12)15(18)8-10-2-4-11(16)5-3-10/h2-7,9H,8H2,1H3. The van der Waals surface area contributed by atoms with Crippen LogP contribution in [-0.2, 0) is 6.42 Å². The third-order valence-corrected chi connectivity index (χ3v) is 3.94. The molecule has 98 valence electrons. The van der Waals surface area contributed by atoms with Gasteiger partial charge in [0.25, 0.3) is 0 Å². The molecular formula is C15H12Br2O2. The molecule has 2 rings (SSSR count). The molecule has 2 aromatic rings. The number of hydrogen-bond acceptors (Lipinski definition) is 2. The number of carbonyl (C=O) groups is 1. The van der Waals surface area contributed by atoms with E-state index in [2.05, 4.69) is 31.9 Å². The topological polar surface area (TPSA) is 26.3 Å². The van der Waals surface area contributed by atoms with Crippen molar-refractivity contribution in [1.82, 2.24) is 0 Å². The number of Topliss-reactive ketones (excluding diaryl/α,β-unsaturated/α-hetero) is 1. The van der Waals surface area contributed by atoms with Crippen molar-refractivity contribution in [3.63, 3.8) is 0 Å². The molecule has 0 aliphatic carbocycles. The largest absolute Gasteiger partial charge is 0.497 e. The Morgan fingerprint density at radius 1 is 1.11 bits per heavy atom. The average Bonchev–Trinajstić information content (AvgIpc) is 2.41. The maximum Gasteiger partial charge on any atom is 0.168 e. The third-order valence-electron chi connectivity index (χ3n) is 2.75. The number of halogens is 2. The highest BCUT2D eigenvalue weighted by molar-refractivity contribution is 9.10. The number of methoxy groups -OCH3 is 1. The molecule has 0 heterocycles. The molecule has 0 spiro atoms. The van der Waals surface area contributed by atoms with Gasteiger partial charge in [0.15, 0.2) is 5.78 Å². The Bertz CT molecular complexity index is 592. The van der Waals surface area contributed by atoms with Crippen LogP contribution in [0.2, 0.25) is 0 Å². The van der Waals surface area contributed by atoms with Crippen LogP contribution in [0.25, 0.3) is 0 Å². The summed E-state index contributed by atoms with van der Waals surface area (Å²) in [6, 6.07) is 13.1. The minimum absolute atomic E-state index is 0.0804. The van der Waals surface area contributed by atoms with Gasteiger partial charge in [-0.1, -0.05) is 28.1 Å². The van der Waals surface area contributed by atoms with Gasteiger partial charge in [-0.3, -0.25) is 4.79 Å². The Kier molecular flexibility index (Phi) is 4.77. The van der Waals surface area contributed by atoms with E-state index in [-0.39, 0.29) is 5.78 Å². The SMILES string of the molecule is COc1ccc(C(=O)Cc2ccc(Br)cc2)c(Br)c1. The molecule has 2 aromatic carbocycles. The molecule has 0 radical (unpaired) electrons. The molecule has 4 heteroatoms. The highest BCUT2D eigenvalue weighted by Crippen LogP contribution is 2.24. The molecule has 0 saturated heterocycles. The van der Waals surface area contributed by atoms with Crippen LogP contribution >= 0.6 is 31.9 Å². The zero-order valence-corrected chi connectivity index (χ0v) is 13.5. The van der Waals surface area contributed by atoms with E-state index in [4.69, 9.17) is 4.74 Å². The zero-order valence-electron chi connectivity index (χ0n) is 10.3. The zero-order chi connectivity index (χ0) is 13.8. The summed E-state index contributed by atoms with van der Waals surface area (Å²) in [6.07, 6.45) is 0.387. The van der Waals surface area contributed by atoms with Crippen molar-refractivity contribution >= 4 is 37.6 Å². The lowest BCUT2D eigenvalue weighted by Crippen LogP contribution is -2.04. The fourth-order valence-corrected chi connectivity index (χ4v) is 2.58. The molecule has 2 nitrogen and oxygen atoms in total. The minimum Gasteiger partial charge on any atom is -0.497 e. The van der Waals surface area contributed by atoms with Gasteiger partial charge in [0.1, 0.15) is 5.75 Å². The summed E-state index contributed by atoms with van der Waals surface area (Å²) < 4.78 is 6.88. The second-order valence-corrected chi connectivity index (χ2v) is 5.84. The Balaban J connectivity index is 2.18. The molecule has 0 N–H and O–H groups in total. The molecule has 0 aromatic heterocycles. The first kappa shape index (κ1) is 14.3. The maximum absolute atomic E-state index is 12.2. The second-order valence-electron chi connectivity index (χ2n) is 4.07. The lowest BCUT2D eigenvalue weighted by atomic mass is 10.0. The molecule has 0 unspecified atom stereocenters. The molecule has 0 amide bonds. The van der Waals surface area contributed by atoms with E-state index < -0.39 is 0 Å². The van der Waals surface area contributed by atoms with Crippen molar-refractivity contribution in [2.45, 2.75) is 6.42 Å². The van der Waals surface area contributed by atoms with Crippen LogP contribution in [0.1, 0.15) is 15.9 Å². The van der Waals surface area contributed by atoms with Crippen LogP contribution in [0.3, 0.4) is 0 Å². The van der Waals surface area contributed by atoms with Gasteiger partial charge in [-0.2, -0.15) is 0 Å². The van der Waals surface area contributed by atoms with Gasteiger partial charge in [-0.15, -0.1) is 0 Å². The Hall–Kier alpha value is -1.13. The summed E-state index contributed by atoms with van der Waals surface area (Å²) in [5.74, 6) is 0.809. The van der Waals surface area contributed by atoms with Crippen LogP contribution in [0.4, 0.5) is 0 Å². The van der Waals surface area contributed by atoms with Gasteiger partial charge in [0.2, 0.25) is 0 Å². The van der Waals surface area contributed by atoms with E-state index in [0.717, 1.165) is 20.3 Å². The first-order valence-electron chi connectivity index (χ1n) is 5.71. The van der Waals surface area contributed by atoms with E-state index in [0.29, 0.717) is 12.0 Å². The van der Waals surface area contributed by atoms with Crippen molar-refractivity contribution in [1.29, 1.82) is 0 Å². The van der Waals surface area contributed by atoms with Crippen molar-refractivity contribution in [2.75, 3.05) is 7.11 Å². The molecule has 19 heavy (non-hydrogen) atoms. The molecule has 0 bridgehead atoms. The molecule has 0 fully saturated rings. The monoisotopic (exact) mass is 382 g/mol. The lowest BCUT2D eigenvalue weighted by molar-refractivity contribution is 0.0992. The van der Waals surface area contributed by atoms with E-state index in [9.17, 15) is 4.79 Å². The predicted octanol–water partition coefficient (Wildman–Crippen LogP) is 4.65. The van der Waals surface area contributed by atoms with E-state index in [1.165, 1.54) is 0 Å². The van der Waals surface area contributed by atoms with Crippen molar-refractivity contribution in [3.05, 3.63) is 62.5 Å². The molecule has 0 atom stereocenters. The number of rotatable bonds is 4. The van der Waals surface area contributed by atoms with Crippen molar-refractivity contribution in [3.8, 4) is 5.75 Å². The lowest BCUT2D eigenvalue weighted by Gasteiger charge is -2.06. The number of ketones is 1. The highest BCUT2D eigenvalue weighted by atomic mass is 79.9. The number of benzene rings is 2. The smallest absolute Gasteiger partial charge is 0.168 e. The van der Waals surface area contributed by atoms with E-state index >= 15 is 0 Å². The van der Waals surface area contributed by atoms with Crippen LogP contribution in [0.15, 0.2) is 51.4 Å². The fraction of sp³-hybridized carbons (Fsp3) is 0.133. The van der Waals surface area contributed by atoms with Crippen molar-refractivity contribution in [2.24, 2.45) is 0 Å². The normalized spacial score (nSPS) is 10.3. The summed E-state index contributed by atoms with van der Waals surface area (Å²) in [6.45, 7) is 0. The molecule has 0 aliphatic rings. The summed E-state index contributed by atoms with van der Waals surface area (Å²) in [5.41, 5.74) is 1.67.